The number of fused-ring (bicyclic) bond motifs is 1. The summed E-state index contributed by atoms with van der Waals surface area (Å²) >= 11 is 3.62. The molecule has 1 aromatic rings. The molecule has 1 aromatic carbocycles. The Morgan fingerprint density at radius 3 is 2.89 bits per heavy atom. The number of halogens is 1. The minimum Gasteiger partial charge on any atom is -0.493 e. The third-order valence-corrected chi connectivity index (χ3v) is 4.75. The third-order valence-electron chi connectivity index (χ3n) is 4.30. The Labute approximate surface area is 124 Å². The van der Waals surface area contributed by atoms with Gasteiger partial charge >= 0.3 is 0 Å². The van der Waals surface area contributed by atoms with Crippen LogP contribution in [0.25, 0.3) is 0 Å². The summed E-state index contributed by atoms with van der Waals surface area (Å²) in [6, 6.07) is 5.78. The van der Waals surface area contributed by atoms with Crippen molar-refractivity contribution in [3.63, 3.8) is 0 Å². The molecule has 104 valence electrons. The van der Waals surface area contributed by atoms with Crippen molar-refractivity contribution in [3.05, 3.63) is 27.7 Å². The molecule has 3 heteroatoms. The van der Waals surface area contributed by atoms with E-state index < -0.39 is 0 Å². The molecule has 0 aromatic heterocycles. The Morgan fingerprint density at radius 2 is 2.16 bits per heavy atom. The van der Waals surface area contributed by atoms with Crippen LogP contribution in [-0.2, 0) is 12.8 Å². The van der Waals surface area contributed by atoms with Crippen LogP contribution >= 0.6 is 15.9 Å². The fourth-order valence-corrected chi connectivity index (χ4v) is 3.36. The first-order valence-corrected chi connectivity index (χ1v) is 8.13. The molecule has 3 rings (SSSR count). The predicted octanol–water partition coefficient (Wildman–Crippen LogP) is 3.70. The lowest BCUT2D eigenvalue weighted by molar-refractivity contribution is 0.345. The molecule has 2 unspecified atom stereocenters. The van der Waals surface area contributed by atoms with Gasteiger partial charge in [0.05, 0.1) is 6.61 Å². The van der Waals surface area contributed by atoms with E-state index in [1.807, 2.05) is 0 Å². The Hall–Kier alpha value is -0.540. The summed E-state index contributed by atoms with van der Waals surface area (Å²) in [5.41, 5.74) is 2.72. The summed E-state index contributed by atoms with van der Waals surface area (Å²) in [4.78, 5) is 0. The summed E-state index contributed by atoms with van der Waals surface area (Å²) in [5.74, 6) is 1.77. The highest BCUT2D eigenvalue weighted by Crippen LogP contribution is 2.35. The molecule has 0 bridgehead atoms. The molecule has 1 aliphatic heterocycles. The fraction of sp³-hybridized carbons (Fsp3) is 0.625. The van der Waals surface area contributed by atoms with Gasteiger partial charge in [0.15, 0.2) is 0 Å². The molecule has 2 aliphatic rings. The molecule has 1 heterocycles. The van der Waals surface area contributed by atoms with E-state index in [1.165, 1.54) is 28.4 Å². The molecule has 0 radical (unpaired) electrons. The van der Waals surface area contributed by atoms with Crippen molar-refractivity contribution in [2.75, 3.05) is 6.61 Å². The average molecular weight is 324 g/mol. The first-order valence-electron chi connectivity index (χ1n) is 7.33. The van der Waals surface area contributed by atoms with Crippen LogP contribution in [0, 0.1) is 5.92 Å². The topological polar surface area (TPSA) is 21.3 Å². The predicted molar refractivity (Wildman–Crippen MR) is 81.8 cm³/mol. The lowest BCUT2D eigenvalue weighted by Gasteiger charge is -2.22. The Bertz CT molecular complexity index is 470. The van der Waals surface area contributed by atoms with Crippen LogP contribution in [0.3, 0.4) is 0 Å². The monoisotopic (exact) mass is 323 g/mol. The number of ether oxygens (including phenoxy) is 1. The smallest absolute Gasteiger partial charge is 0.125 e. The van der Waals surface area contributed by atoms with Crippen molar-refractivity contribution in [2.24, 2.45) is 5.92 Å². The highest BCUT2D eigenvalue weighted by molar-refractivity contribution is 9.10. The SMILES string of the molecule is CC(Cc1cc(Br)cc2c1OCC2)C(C)NC1CC1. The van der Waals surface area contributed by atoms with Gasteiger partial charge in [-0.2, -0.15) is 0 Å². The van der Waals surface area contributed by atoms with Crippen LogP contribution in [0.1, 0.15) is 37.8 Å². The summed E-state index contributed by atoms with van der Waals surface area (Å²) in [6.07, 6.45) is 4.84. The van der Waals surface area contributed by atoms with Gasteiger partial charge in [0, 0.05) is 23.0 Å². The molecule has 1 N–H and O–H groups in total. The maximum absolute atomic E-state index is 5.82. The van der Waals surface area contributed by atoms with Gasteiger partial charge in [0.1, 0.15) is 5.75 Å². The van der Waals surface area contributed by atoms with Gasteiger partial charge in [-0.1, -0.05) is 22.9 Å². The maximum Gasteiger partial charge on any atom is 0.125 e. The molecule has 1 saturated carbocycles. The number of rotatable bonds is 5. The molecule has 2 atom stereocenters. The molecule has 1 aliphatic carbocycles. The van der Waals surface area contributed by atoms with Crippen LogP contribution in [-0.4, -0.2) is 18.7 Å². The van der Waals surface area contributed by atoms with E-state index in [1.54, 1.807) is 0 Å². The first kappa shape index (κ1) is 13.4. The zero-order chi connectivity index (χ0) is 13.4. The highest BCUT2D eigenvalue weighted by Gasteiger charge is 2.26. The van der Waals surface area contributed by atoms with Gasteiger partial charge in [-0.25, -0.2) is 0 Å². The molecule has 0 spiro atoms. The van der Waals surface area contributed by atoms with Crippen LogP contribution < -0.4 is 10.1 Å². The third kappa shape index (κ3) is 3.14. The molecule has 1 fully saturated rings. The first-order chi connectivity index (χ1) is 9.13. The molecule has 0 saturated heterocycles. The largest absolute Gasteiger partial charge is 0.493 e. The molecule has 0 amide bonds. The van der Waals surface area contributed by atoms with Crippen LogP contribution in [0.5, 0.6) is 5.75 Å². The quantitative estimate of drug-likeness (QED) is 0.892. The van der Waals surface area contributed by atoms with Gasteiger partial charge in [-0.3, -0.25) is 0 Å². The van der Waals surface area contributed by atoms with Gasteiger partial charge in [-0.15, -0.1) is 0 Å². The van der Waals surface area contributed by atoms with E-state index in [2.05, 4.69) is 47.2 Å². The van der Waals surface area contributed by atoms with Crippen LogP contribution in [0.4, 0.5) is 0 Å². The zero-order valence-electron chi connectivity index (χ0n) is 11.7. The lowest BCUT2D eigenvalue weighted by atomic mass is 9.93. The van der Waals surface area contributed by atoms with Crippen molar-refractivity contribution in [1.82, 2.24) is 5.32 Å². The van der Waals surface area contributed by atoms with Gasteiger partial charge in [-0.05, 0) is 55.4 Å². The summed E-state index contributed by atoms with van der Waals surface area (Å²) < 4.78 is 7.00. The van der Waals surface area contributed by atoms with Crippen molar-refractivity contribution >= 4 is 15.9 Å². The second-order valence-electron chi connectivity index (χ2n) is 6.06. The molecular formula is C16H22BrNO. The van der Waals surface area contributed by atoms with E-state index in [4.69, 9.17) is 4.74 Å². The minimum absolute atomic E-state index is 0.573. The average Bonchev–Trinajstić information content (AvgIpc) is 3.04. The van der Waals surface area contributed by atoms with Crippen molar-refractivity contribution in [1.29, 1.82) is 0 Å². The lowest BCUT2D eigenvalue weighted by Crippen LogP contribution is -2.34. The highest BCUT2D eigenvalue weighted by atomic mass is 79.9. The summed E-state index contributed by atoms with van der Waals surface area (Å²) in [5, 5.41) is 3.70. The molecule has 2 nitrogen and oxygen atoms in total. The Morgan fingerprint density at radius 1 is 1.37 bits per heavy atom. The Balaban J connectivity index is 1.71. The van der Waals surface area contributed by atoms with Crippen molar-refractivity contribution in [3.8, 4) is 5.75 Å². The van der Waals surface area contributed by atoms with Crippen LogP contribution in [0.15, 0.2) is 16.6 Å². The van der Waals surface area contributed by atoms with E-state index in [-0.39, 0.29) is 0 Å². The van der Waals surface area contributed by atoms with E-state index in [9.17, 15) is 0 Å². The van der Waals surface area contributed by atoms with Gasteiger partial charge in [0.25, 0.3) is 0 Å². The molecular weight excluding hydrogens is 302 g/mol. The Kier molecular flexibility index (Phi) is 3.86. The summed E-state index contributed by atoms with van der Waals surface area (Å²) in [7, 11) is 0. The standard InChI is InChI=1S/C16H22BrNO/c1-10(11(2)18-15-3-4-15)7-13-9-14(17)8-12-5-6-19-16(12)13/h8-11,15,18H,3-7H2,1-2H3. The fourth-order valence-electron chi connectivity index (χ4n) is 2.81. The summed E-state index contributed by atoms with van der Waals surface area (Å²) in [6.45, 7) is 5.48. The van der Waals surface area contributed by atoms with E-state index in [0.29, 0.717) is 12.0 Å². The number of hydrogen-bond acceptors (Lipinski definition) is 2. The number of nitrogens with one attached hydrogen (secondary N) is 1. The van der Waals surface area contributed by atoms with E-state index >= 15 is 0 Å². The number of benzene rings is 1. The second-order valence-corrected chi connectivity index (χ2v) is 6.98. The normalized spacial score (nSPS) is 20.8. The van der Waals surface area contributed by atoms with Crippen LogP contribution in [0.2, 0.25) is 0 Å². The van der Waals surface area contributed by atoms with Crippen molar-refractivity contribution in [2.45, 2.75) is 51.6 Å². The molecule has 19 heavy (non-hydrogen) atoms. The van der Waals surface area contributed by atoms with Gasteiger partial charge in [0.2, 0.25) is 0 Å². The number of hydrogen-bond donors (Lipinski definition) is 1. The second kappa shape index (κ2) is 5.45. The van der Waals surface area contributed by atoms with Crippen molar-refractivity contribution < 1.29 is 4.74 Å². The van der Waals surface area contributed by atoms with Gasteiger partial charge < -0.3 is 10.1 Å². The minimum atomic E-state index is 0.573. The zero-order valence-corrected chi connectivity index (χ0v) is 13.3. The van der Waals surface area contributed by atoms with E-state index in [0.717, 1.165) is 31.2 Å². The maximum atomic E-state index is 5.82.